The van der Waals surface area contributed by atoms with Gasteiger partial charge < -0.3 is 4.57 Å². The molecule has 1 heteroatoms. The van der Waals surface area contributed by atoms with E-state index in [9.17, 15) is 0 Å². The maximum absolute atomic E-state index is 2.49. The zero-order valence-corrected chi connectivity index (χ0v) is 18.6. The maximum Gasteiger partial charge on any atom is 0.0626 e. The molecule has 6 aromatic carbocycles. The molecule has 0 N–H and O–H groups in total. The van der Waals surface area contributed by atoms with Crippen LogP contribution in [-0.2, 0) is 6.42 Å². The van der Waals surface area contributed by atoms with Gasteiger partial charge in [0, 0.05) is 21.8 Å². The first-order chi connectivity index (χ1) is 16.9. The molecule has 1 heterocycles. The second-order valence-electron chi connectivity index (χ2n) is 9.31. The Morgan fingerprint density at radius 3 is 2.12 bits per heavy atom. The highest BCUT2D eigenvalue weighted by Gasteiger charge is 2.28. The first kappa shape index (κ1) is 18.1. The van der Waals surface area contributed by atoms with E-state index in [1.54, 1.807) is 0 Å². The van der Waals surface area contributed by atoms with Crippen LogP contribution >= 0.6 is 0 Å². The Labute approximate surface area is 197 Å². The van der Waals surface area contributed by atoms with Gasteiger partial charge >= 0.3 is 0 Å². The van der Waals surface area contributed by atoms with Gasteiger partial charge in [-0.15, -0.1) is 0 Å². The lowest BCUT2D eigenvalue weighted by molar-refractivity contribution is 1.19. The molecule has 34 heavy (non-hydrogen) atoms. The fraction of sp³-hybridized carbons (Fsp3) is 0.0303. The van der Waals surface area contributed by atoms with Crippen LogP contribution in [0.3, 0.4) is 0 Å². The summed E-state index contributed by atoms with van der Waals surface area (Å²) in [5, 5.41) is 8.04. The van der Waals surface area contributed by atoms with Crippen LogP contribution in [0, 0.1) is 0 Å². The van der Waals surface area contributed by atoms with Gasteiger partial charge in [0.05, 0.1) is 11.0 Å². The third kappa shape index (κ3) is 2.24. The average Bonchev–Trinajstić information content (AvgIpc) is 3.46. The highest BCUT2D eigenvalue weighted by Crippen LogP contribution is 2.50. The average molecular weight is 432 g/mol. The number of para-hydroxylation sites is 1. The van der Waals surface area contributed by atoms with Gasteiger partial charge in [-0.05, 0) is 63.0 Å². The molecular formula is C33H21N. The van der Waals surface area contributed by atoms with Gasteiger partial charge in [0.15, 0.2) is 0 Å². The fourth-order valence-electron chi connectivity index (χ4n) is 6.23. The molecule has 1 aliphatic rings. The van der Waals surface area contributed by atoms with Crippen LogP contribution in [0.1, 0.15) is 11.1 Å². The predicted molar refractivity (Wildman–Crippen MR) is 144 cm³/mol. The molecule has 0 fully saturated rings. The zero-order chi connectivity index (χ0) is 22.2. The van der Waals surface area contributed by atoms with Crippen molar-refractivity contribution in [1.29, 1.82) is 0 Å². The van der Waals surface area contributed by atoms with Crippen molar-refractivity contribution in [3.63, 3.8) is 0 Å². The molecule has 0 amide bonds. The summed E-state index contributed by atoms with van der Waals surface area (Å²) in [5.74, 6) is 0. The Balaban J connectivity index is 1.75. The van der Waals surface area contributed by atoms with Crippen LogP contribution in [0.4, 0.5) is 0 Å². The van der Waals surface area contributed by atoms with E-state index in [0.29, 0.717) is 0 Å². The number of hydrogen-bond donors (Lipinski definition) is 0. The summed E-state index contributed by atoms with van der Waals surface area (Å²) < 4.78 is 2.49. The summed E-state index contributed by atoms with van der Waals surface area (Å²) in [6.45, 7) is 0. The quantitative estimate of drug-likeness (QED) is 0.245. The molecule has 0 saturated heterocycles. The maximum atomic E-state index is 2.49. The molecule has 0 aliphatic heterocycles. The van der Waals surface area contributed by atoms with E-state index >= 15 is 0 Å². The van der Waals surface area contributed by atoms with E-state index in [1.807, 2.05) is 0 Å². The molecule has 158 valence electrons. The minimum atomic E-state index is 0.991. The Kier molecular flexibility index (Phi) is 3.51. The molecule has 1 aliphatic carbocycles. The van der Waals surface area contributed by atoms with Crippen LogP contribution < -0.4 is 0 Å². The Hall–Kier alpha value is -4.36. The summed E-state index contributed by atoms with van der Waals surface area (Å²) in [6, 6.07) is 42.2. The first-order valence-corrected chi connectivity index (χ1v) is 11.9. The van der Waals surface area contributed by atoms with Crippen LogP contribution in [0.2, 0.25) is 0 Å². The SMILES string of the molecule is c1ccc(-n2c3ccc4ccccc4c3c3c4c(c5ccccc5c32)Cc2ccccc2-4)cc1. The summed E-state index contributed by atoms with van der Waals surface area (Å²) >= 11 is 0. The molecule has 0 atom stereocenters. The van der Waals surface area contributed by atoms with Crippen molar-refractivity contribution < 1.29 is 0 Å². The Morgan fingerprint density at radius 1 is 0.529 bits per heavy atom. The number of nitrogens with zero attached hydrogens (tertiary/aromatic N) is 1. The molecule has 1 nitrogen and oxygen atoms in total. The topological polar surface area (TPSA) is 4.93 Å². The van der Waals surface area contributed by atoms with E-state index in [-0.39, 0.29) is 0 Å². The van der Waals surface area contributed by atoms with Crippen molar-refractivity contribution in [3.05, 3.63) is 126 Å². The van der Waals surface area contributed by atoms with Crippen LogP contribution in [-0.4, -0.2) is 4.57 Å². The molecular weight excluding hydrogens is 410 g/mol. The minimum absolute atomic E-state index is 0.991. The number of benzene rings is 6. The fourth-order valence-corrected chi connectivity index (χ4v) is 6.23. The molecule has 0 radical (unpaired) electrons. The highest BCUT2D eigenvalue weighted by molar-refractivity contribution is 6.31. The Bertz CT molecular complexity index is 1920. The third-order valence-corrected chi connectivity index (χ3v) is 7.59. The molecule has 1 aromatic heterocycles. The molecule has 0 bridgehead atoms. The standard InChI is InChI=1S/C33H21N/c1-2-12-23(13-3-1)34-29-19-18-21-10-4-6-14-24(21)31(29)32-30-25-15-7-5-11-22(25)20-28(30)26-16-8-9-17-27(26)33(32)34/h1-19H,20H2. The van der Waals surface area contributed by atoms with Crippen molar-refractivity contribution >= 4 is 43.4 Å². The number of rotatable bonds is 1. The third-order valence-electron chi connectivity index (χ3n) is 7.59. The van der Waals surface area contributed by atoms with E-state index < -0.39 is 0 Å². The number of hydrogen-bond acceptors (Lipinski definition) is 0. The largest absolute Gasteiger partial charge is 0.309 e. The number of fused-ring (bicyclic) bond motifs is 12. The summed E-state index contributed by atoms with van der Waals surface area (Å²) in [6.07, 6.45) is 0.991. The second-order valence-corrected chi connectivity index (χ2v) is 9.31. The monoisotopic (exact) mass is 431 g/mol. The normalized spacial score (nSPS) is 12.6. The minimum Gasteiger partial charge on any atom is -0.309 e. The van der Waals surface area contributed by atoms with Crippen LogP contribution in [0.5, 0.6) is 0 Å². The first-order valence-electron chi connectivity index (χ1n) is 11.9. The lowest BCUT2D eigenvalue weighted by Gasteiger charge is -2.13. The van der Waals surface area contributed by atoms with E-state index in [1.165, 1.54) is 71.3 Å². The van der Waals surface area contributed by atoms with E-state index in [2.05, 4.69) is 120 Å². The van der Waals surface area contributed by atoms with Gasteiger partial charge in [0.2, 0.25) is 0 Å². The van der Waals surface area contributed by atoms with Crippen molar-refractivity contribution in [2.75, 3.05) is 0 Å². The Morgan fingerprint density at radius 2 is 1.24 bits per heavy atom. The molecule has 0 spiro atoms. The molecule has 7 aromatic rings. The van der Waals surface area contributed by atoms with Gasteiger partial charge in [-0.2, -0.15) is 0 Å². The van der Waals surface area contributed by atoms with Gasteiger partial charge in [0.1, 0.15) is 0 Å². The van der Waals surface area contributed by atoms with Crippen molar-refractivity contribution in [2.24, 2.45) is 0 Å². The van der Waals surface area contributed by atoms with Gasteiger partial charge in [-0.1, -0.05) is 97.1 Å². The predicted octanol–water partition coefficient (Wildman–Crippen LogP) is 8.66. The lowest BCUT2D eigenvalue weighted by Crippen LogP contribution is -1.95. The zero-order valence-electron chi connectivity index (χ0n) is 18.6. The van der Waals surface area contributed by atoms with E-state index in [4.69, 9.17) is 0 Å². The van der Waals surface area contributed by atoms with Gasteiger partial charge in [0.25, 0.3) is 0 Å². The van der Waals surface area contributed by atoms with Crippen molar-refractivity contribution in [3.8, 4) is 16.8 Å². The van der Waals surface area contributed by atoms with Crippen LogP contribution in [0.15, 0.2) is 115 Å². The summed E-state index contributed by atoms with van der Waals surface area (Å²) in [5.41, 5.74) is 9.47. The van der Waals surface area contributed by atoms with Crippen molar-refractivity contribution in [2.45, 2.75) is 6.42 Å². The summed E-state index contributed by atoms with van der Waals surface area (Å²) in [7, 11) is 0. The van der Waals surface area contributed by atoms with E-state index in [0.717, 1.165) is 6.42 Å². The molecule has 0 saturated carbocycles. The van der Waals surface area contributed by atoms with Crippen LogP contribution in [0.25, 0.3) is 60.2 Å². The lowest BCUT2D eigenvalue weighted by atomic mass is 9.92. The smallest absolute Gasteiger partial charge is 0.0626 e. The van der Waals surface area contributed by atoms with Gasteiger partial charge in [-0.3, -0.25) is 0 Å². The highest BCUT2D eigenvalue weighted by atomic mass is 15.0. The molecule has 0 unspecified atom stereocenters. The van der Waals surface area contributed by atoms with Crippen molar-refractivity contribution in [1.82, 2.24) is 4.57 Å². The molecule has 8 rings (SSSR count). The van der Waals surface area contributed by atoms with Gasteiger partial charge in [-0.25, -0.2) is 0 Å². The second kappa shape index (κ2) is 6.59. The number of aromatic nitrogens is 1. The summed E-state index contributed by atoms with van der Waals surface area (Å²) in [4.78, 5) is 0.